The fraction of sp³-hybridized carbons (Fsp3) is 0.333. The van der Waals surface area contributed by atoms with E-state index in [0.29, 0.717) is 11.2 Å². The van der Waals surface area contributed by atoms with Crippen LogP contribution in [0.25, 0.3) is 11.0 Å². The molecule has 0 atom stereocenters. The van der Waals surface area contributed by atoms with Gasteiger partial charge in [-0.1, -0.05) is 0 Å². The maximum Gasteiger partial charge on any atom is 0.261 e. The third kappa shape index (κ3) is 2.89. The van der Waals surface area contributed by atoms with Crippen molar-refractivity contribution < 1.29 is 18.3 Å². The van der Waals surface area contributed by atoms with Gasteiger partial charge in [-0.25, -0.2) is 13.8 Å². The van der Waals surface area contributed by atoms with Gasteiger partial charge in [-0.15, -0.1) is 0 Å². The predicted octanol–water partition coefficient (Wildman–Crippen LogP) is 2.42. The zero-order valence-electron chi connectivity index (χ0n) is 9.53. The molecule has 2 aromatic heterocycles. The molecule has 4 nitrogen and oxygen atoms in total. The zero-order valence-corrected chi connectivity index (χ0v) is 9.53. The van der Waals surface area contributed by atoms with Gasteiger partial charge in [0.25, 0.3) is 6.43 Å². The molecule has 18 heavy (non-hydrogen) atoms. The highest BCUT2D eigenvalue weighted by molar-refractivity contribution is 6.07. The number of H-pyrrole nitrogens is 1. The molecule has 0 aromatic carbocycles. The van der Waals surface area contributed by atoms with Crippen LogP contribution in [0.2, 0.25) is 0 Å². The van der Waals surface area contributed by atoms with E-state index in [1.165, 1.54) is 0 Å². The van der Waals surface area contributed by atoms with Crippen LogP contribution in [-0.4, -0.2) is 35.4 Å². The number of fused-ring (bicyclic) bond motifs is 1. The number of rotatable bonds is 6. The molecule has 6 heteroatoms. The van der Waals surface area contributed by atoms with E-state index >= 15 is 0 Å². The van der Waals surface area contributed by atoms with Gasteiger partial charge in [0, 0.05) is 29.8 Å². The van der Waals surface area contributed by atoms with E-state index in [4.69, 9.17) is 0 Å². The van der Waals surface area contributed by atoms with Crippen molar-refractivity contribution in [1.82, 2.24) is 9.97 Å². The Bertz CT molecular complexity index is 540. The van der Waals surface area contributed by atoms with Gasteiger partial charge >= 0.3 is 0 Å². The number of aromatic amines is 1. The molecule has 96 valence electrons. The van der Waals surface area contributed by atoms with Crippen LogP contribution in [0.15, 0.2) is 24.5 Å². The minimum absolute atomic E-state index is 0.00386. The van der Waals surface area contributed by atoms with Crippen LogP contribution in [-0.2, 0) is 4.74 Å². The number of alkyl halides is 2. The minimum Gasteiger partial charge on any atom is -0.375 e. The zero-order chi connectivity index (χ0) is 13.0. The van der Waals surface area contributed by atoms with E-state index in [-0.39, 0.29) is 18.8 Å². The van der Waals surface area contributed by atoms with Gasteiger partial charge in [0.15, 0.2) is 5.78 Å². The maximum atomic E-state index is 11.8. The third-order valence-corrected chi connectivity index (χ3v) is 2.47. The number of ketones is 1. The van der Waals surface area contributed by atoms with Crippen LogP contribution in [0.4, 0.5) is 8.78 Å². The van der Waals surface area contributed by atoms with E-state index in [1.807, 2.05) is 0 Å². The van der Waals surface area contributed by atoms with Gasteiger partial charge in [-0.05, 0) is 12.1 Å². The number of Topliss-reactive ketones (excluding diaryl/α,β-unsaturated/α-hetero) is 1. The second-order valence-electron chi connectivity index (χ2n) is 3.74. The molecule has 0 saturated heterocycles. The molecule has 0 bridgehead atoms. The lowest BCUT2D eigenvalue weighted by Gasteiger charge is -2.02. The van der Waals surface area contributed by atoms with Crippen molar-refractivity contribution in [1.29, 1.82) is 0 Å². The molecular formula is C12H12F2N2O2. The van der Waals surface area contributed by atoms with Crippen molar-refractivity contribution in [3.63, 3.8) is 0 Å². The van der Waals surface area contributed by atoms with E-state index in [2.05, 4.69) is 14.7 Å². The fourth-order valence-electron chi connectivity index (χ4n) is 1.66. The highest BCUT2D eigenvalue weighted by atomic mass is 19.3. The molecule has 2 aromatic rings. The summed E-state index contributed by atoms with van der Waals surface area (Å²) < 4.78 is 28.3. The Morgan fingerprint density at radius 3 is 3.11 bits per heavy atom. The molecule has 0 saturated carbocycles. The quantitative estimate of drug-likeness (QED) is 0.636. The topological polar surface area (TPSA) is 55.0 Å². The van der Waals surface area contributed by atoms with Crippen LogP contribution < -0.4 is 0 Å². The van der Waals surface area contributed by atoms with Crippen molar-refractivity contribution in [2.24, 2.45) is 0 Å². The van der Waals surface area contributed by atoms with Crippen molar-refractivity contribution >= 4 is 16.8 Å². The average Bonchev–Trinajstić information content (AvgIpc) is 2.78. The number of carbonyl (C=O) groups is 1. The summed E-state index contributed by atoms with van der Waals surface area (Å²) in [6.07, 6.45) is 0.776. The molecular weight excluding hydrogens is 242 g/mol. The lowest BCUT2D eigenvalue weighted by Crippen LogP contribution is -2.09. The monoisotopic (exact) mass is 254 g/mol. The Hall–Kier alpha value is -1.82. The van der Waals surface area contributed by atoms with Gasteiger partial charge in [-0.2, -0.15) is 0 Å². The van der Waals surface area contributed by atoms with Crippen molar-refractivity contribution in [3.05, 3.63) is 30.1 Å². The Morgan fingerprint density at radius 2 is 2.33 bits per heavy atom. The van der Waals surface area contributed by atoms with Gasteiger partial charge in [-0.3, -0.25) is 4.79 Å². The van der Waals surface area contributed by atoms with E-state index in [0.717, 1.165) is 5.39 Å². The summed E-state index contributed by atoms with van der Waals surface area (Å²) in [5, 5.41) is 0.733. The summed E-state index contributed by atoms with van der Waals surface area (Å²) in [6.45, 7) is -0.640. The first-order valence-electron chi connectivity index (χ1n) is 5.49. The van der Waals surface area contributed by atoms with Crippen LogP contribution >= 0.6 is 0 Å². The second-order valence-corrected chi connectivity index (χ2v) is 3.74. The highest BCUT2D eigenvalue weighted by Crippen LogP contribution is 2.17. The number of nitrogens with one attached hydrogen (secondary N) is 1. The highest BCUT2D eigenvalue weighted by Gasteiger charge is 2.12. The number of carbonyl (C=O) groups excluding carboxylic acids is 1. The Labute approximate surface area is 102 Å². The average molecular weight is 254 g/mol. The van der Waals surface area contributed by atoms with Gasteiger partial charge in [0.2, 0.25) is 0 Å². The number of halogens is 2. The molecule has 2 rings (SSSR count). The third-order valence-electron chi connectivity index (χ3n) is 2.47. The first-order valence-corrected chi connectivity index (χ1v) is 5.49. The van der Waals surface area contributed by atoms with Crippen LogP contribution in [0.3, 0.4) is 0 Å². The van der Waals surface area contributed by atoms with Crippen LogP contribution in [0.5, 0.6) is 0 Å². The number of aromatic nitrogens is 2. The smallest absolute Gasteiger partial charge is 0.261 e. The first-order chi connectivity index (χ1) is 8.68. The molecule has 1 N–H and O–H groups in total. The standard InChI is InChI=1S/C12H12F2N2O2/c13-11(14)7-18-5-3-10(17)9-6-16-12-8(9)2-1-4-15-12/h1-2,4,6,11H,3,5,7H2,(H,15,16). The molecule has 0 aliphatic carbocycles. The maximum absolute atomic E-state index is 11.8. The number of pyridine rings is 1. The molecule has 0 aliphatic heterocycles. The molecule has 0 radical (unpaired) electrons. The fourth-order valence-corrected chi connectivity index (χ4v) is 1.66. The Kier molecular flexibility index (Phi) is 3.99. The largest absolute Gasteiger partial charge is 0.375 e. The summed E-state index contributed by atoms with van der Waals surface area (Å²) in [4.78, 5) is 18.8. The lowest BCUT2D eigenvalue weighted by molar-refractivity contribution is 0.0170. The number of ether oxygens (including phenoxy) is 1. The van der Waals surface area contributed by atoms with Crippen LogP contribution in [0.1, 0.15) is 16.8 Å². The number of nitrogens with zero attached hydrogens (tertiary/aromatic N) is 1. The summed E-state index contributed by atoms with van der Waals surface area (Å²) in [5.74, 6) is -0.150. The molecule has 2 heterocycles. The molecule has 0 aliphatic rings. The number of hydrogen-bond donors (Lipinski definition) is 1. The lowest BCUT2D eigenvalue weighted by atomic mass is 10.1. The summed E-state index contributed by atoms with van der Waals surface area (Å²) in [5.41, 5.74) is 1.15. The first kappa shape index (κ1) is 12.6. The Morgan fingerprint density at radius 1 is 1.50 bits per heavy atom. The van der Waals surface area contributed by atoms with Crippen molar-refractivity contribution in [2.75, 3.05) is 13.2 Å². The normalized spacial score (nSPS) is 11.3. The SMILES string of the molecule is O=C(CCOCC(F)F)c1c[nH]c2ncccc12. The van der Waals surface area contributed by atoms with Crippen molar-refractivity contribution in [3.8, 4) is 0 Å². The molecule has 0 spiro atoms. The minimum atomic E-state index is -2.50. The molecule has 0 amide bonds. The van der Waals surface area contributed by atoms with Gasteiger partial charge < -0.3 is 9.72 Å². The second kappa shape index (κ2) is 5.68. The van der Waals surface area contributed by atoms with Gasteiger partial charge in [0.1, 0.15) is 12.3 Å². The van der Waals surface area contributed by atoms with Gasteiger partial charge in [0.05, 0.1) is 6.61 Å². The van der Waals surface area contributed by atoms with E-state index in [1.54, 1.807) is 24.5 Å². The summed E-state index contributed by atoms with van der Waals surface area (Å²) in [6, 6.07) is 3.52. The molecule has 0 fully saturated rings. The summed E-state index contributed by atoms with van der Waals surface area (Å²) in [7, 11) is 0. The van der Waals surface area contributed by atoms with Crippen LogP contribution in [0, 0.1) is 0 Å². The Balaban J connectivity index is 1.97. The van der Waals surface area contributed by atoms with E-state index < -0.39 is 13.0 Å². The number of hydrogen-bond acceptors (Lipinski definition) is 3. The predicted molar refractivity (Wildman–Crippen MR) is 61.9 cm³/mol. The van der Waals surface area contributed by atoms with Crippen molar-refractivity contribution in [2.45, 2.75) is 12.8 Å². The van der Waals surface area contributed by atoms with E-state index in [9.17, 15) is 13.6 Å². The summed E-state index contributed by atoms with van der Waals surface area (Å²) >= 11 is 0. The molecule has 0 unspecified atom stereocenters.